The smallest absolute Gasteiger partial charge is 0.0562 e. The molecule has 0 amide bonds. The number of anilines is 3. The third-order valence-electron chi connectivity index (χ3n) is 12.3. The van der Waals surface area contributed by atoms with Crippen molar-refractivity contribution in [2.24, 2.45) is 0 Å². The Labute approximate surface area is 354 Å². The van der Waals surface area contributed by atoms with Crippen molar-refractivity contribution in [3.8, 4) is 33.6 Å². The van der Waals surface area contributed by atoms with Crippen molar-refractivity contribution in [1.82, 2.24) is 9.13 Å². The van der Waals surface area contributed by atoms with Crippen LogP contribution in [0.4, 0.5) is 17.1 Å². The summed E-state index contributed by atoms with van der Waals surface area (Å²) in [5.41, 5.74) is 15.1. The molecule has 12 aromatic rings. The first kappa shape index (κ1) is 34.9. The van der Waals surface area contributed by atoms with Crippen LogP contribution in [0, 0.1) is 0 Å². The molecule has 0 saturated carbocycles. The molecule has 61 heavy (non-hydrogen) atoms. The molecule has 2 aromatic heterocycles. The highest BCUT2D eigenvalue weighted by Gasteiger charge is 2.24. The molecule has 2 heterocycles. The van der Waals surface area contributed by atoms with Gasteiger partial charge in [0.1, 0.15) is 0 Å². The lowest BCUT2D eigenvalue weighted by molar-refractivity contribution is 1.18. The molecule has 286 valence electrons. The van der Waals surface area contributed by atoms with E-state index in [1.807, 2.05) is 0 Å². The lowest BCUT2D eigenvalue weighted by atomic mass is 9.95. The van der Waals surface area contributed by atoms with Crippen LogP contribution in [0.25, 0.3) is 88.0 Å². The lowest BCUT2D eigenvalue weighted by Gasteiger charge is -2.29. The van der Waals surface area contributed by atoms with Gasteiger partial charge in [-0.15, -0.1) is 0 Å². The van der Waals surface area contributed by atoms with Crippen molar-refractivity contribution in [2.75, 3.05) is 4.90 Å². The van der Waals surface area contributed by atoms with E-state index in [1.165, 1.54) is 65.6 Å². The Hall–Kier alpha value is -8.14. The number of hydrogen-bond donors (Lipinski definition) is 0. The Balaban J connectivity index is 1.11. The van der Waals surface area contributed by atoms with Crippen LogP contribution in [0.1, 0.15) is 0 Å². The van der Waals surface area contributed by atoms with E-state index >= 15 is 0 Å². The molecule has 3 nitrogen and oxygen atoms in total. The van der Waals surface area contributed by atoms with Crippen LogP contribution in [0.3, 0.4) is 0 Å². The average molecular weight is 778 g/mol. The molecule has 0 aliphatic carbocycles. The molecule has 0 aliphatic heterocycles. The maximum atomic E-state index is 2.47. The van der Waals surface area contributed by atoms with Gasteiger partial charge in [0, 0.05) is 44.0 Å². The van der Waals surface area contributed by atoms with Crippen LogP contribution in [0.5, 0.6) is 0 Å². The van der Waals surface area contributed by atoms with Gasteiger partial charge in [-0.25, -0.2) is 0 Å². The van der Waals surface area contributed by atoms with Crippen LogP contribution < -0.4 is 4.90 Å². The van der Waals surface area contributed by atoms with Crippen molar-refractivity contribution in [3.05, 3.63) is 237 Å². The molecule has 10 aromatic carbocycles. The summed E-state index contributed by atoms with van der Waals surface area (Å²) in [6.07, 6.45) is 0. The van der Waals surface area contributed by atoms with Crippen LogP contribution in [-0.2, 0) is 0 Å². The SMILES string of the molecule is c1ccc(-c2ccccc2N(c2ccc(-c3c(-n4c5ccccc5c5ccccc54)ccc4ccccc34)cc2)c2cccc3c2c2ccccc2n3-c2ccccc2)cc1. The fourth-order valence-corrected chi connectivity index (χ4v) is 9.69. The summed E-state index contributed by atoms with van der Waals surface area (Å²) in [6, 6.07) is 85.9. The van der Waals surface area contributed by atoms with Gasteiger partial charge in [-0.2, -0.15) is 0 Å². The second-order valence-corrected chi connectivity index (χ2v) is 15.7. The summed E-state index contributed by atoms with van der Waals surface area (Å²) < 4.78 is 4.85. The number of nitrogens with zero attached hydrogens (tertiary/aromatic N) is 3. The molecule has 0 atom stereocenters. The van der Waals surface area contributed by atoms with Gasteiger partial charge in [-0.05, 0) is 88.6 Å². The van der Waals surface area contributed by atoms with Gasteiger partial charge >= 0.3 is 0 Å². The van der Waals surface area contributed by atoms with Gasteiger partial charge in [0.05, 0.1) is 39.1 Å². The quantitative estimate of drug-likeness (QED) is 0.157. The molecule has 0 spiro atoms. The molecular formula is C58H39N3. The zero-order valence-electron chi connectivity index (χ0n) is 33.4. The third kappa shape index (κ3) is 5.59. The highest BCUT2D eigenvalue weighted by molar-refractivity contribution is 6.17. The number of hydrogen-bond acceptors (Lipinski definition) is 1. The minimum atomic E-state index is 1.08. The van der Waals surface area contributed by atoms with Crippen molar-refractivity contribution >= 4 is 71.4 Å². The molecule has 0 bridgehead atoms. The second-order valence-electron chi connectivity index (χ2n) is 15.7. The van der Waals surface area contributed by atoms with Crippen molar-refractivity contribution in [3.63, 3.8) is 0 Å². The summed E-state index contributed by atoms with van der Waals surface area (Å²) >= 11 is 0. The first-order chi connectivity index (χ1) is 30.3. The van der Waals surface area contributed by atoms with E-state index in [2.05, 4.69) is 251 Å². The number of fused-ring (bicyclic) bond motifs is 7. The number of rotatable bonds is 7. The van der Waals surface area contributed by atoms with E-state index in [1.54, 1.807) is 0 Å². The Bertz CT molecular complexity index is 3530. The molecule has 0 N–H and O–H groups in total. The minimum absolute atomic E-state index is 1.08. The Morgan fingerprint density at radius 3 is 1.57 bits per heavy atom. The Morgan fingerprint density at radius 1 is 0.311 bits per heavy atom. The highest BCUT2D eigenvalue weighted by atomic mass is 15.2. The summed E-state index contributed by atoms with van der Waals surface area (Å²) in [4.78, 5) is 2.47. The van der Waals surface area contributed by atoms with Gasteiger partial charge in [-0.1, -0.05) is 170 Å². The van der Waals surface area contributed by atoms with E-state index < -0.39 is 0 Å². The van der Waals surface area contributed by atoms with E-state index in [9.17, 15) is 0 Å². The first-order valence-corrected chi connectivity index (χ1v) is 20.9. The van der Waals surface area contributed by atoms with E-state index in [0.717, 1.165) is 39.5 Å². The van der Waals surface area contributed by atoms with Gasteiger partial charge in [0.25, 0.3) is 0 Å². The summed E-state index contributed by atoms with van der Waals surface area (Å²) in [5, 5.41) is 7.36. The number of benzene rings is 10. The highest BCUT2D eigenvalue weighted by Crippen LogP contribution is 2.47. The largest absolute Gasteiger partial charge is 0.309 e. The number of para-hydroxylation sites is 5. The Kier molecular flexibility index (Phi) is 8.17. The zero-order chi connectivity index (χ0) is 40.3. The second kappa shape index (κ2) is 14.3. The zero-order valence-corrected chi connectivity index (χ0v) is 33.4. The van der Waals surface area contributed by atoms with E-state index in [4.69, 9.17) is 0 Å². The minimum Gasteiger partial charge on any atom is -0.309 e. The maximum Gasteiger partial charge on any atom is 0.0562 e. The maximum absolute atomic E-state index is 2.47. The fourth-order valence-electron chi connectivity index (χ4n) is 9.69. The van der Waals surface area contributed by atoms with Crippen molar-refractivity contribution in [2.45, 2.75) is 0 Å². The average Bonchev–Trinajstić information content (AvgIpc) is 3.86. The number of aromatic nitrogens is 2. The molecule has 0 aliphatic rings. The molecular weight excluding hydrogens is 739 g/mol. The van der Waals surface area contributed by atoms with Crippen molar-refractivity contribution in [1.29, 1.82) is 0 Å². The standard InChI is InChI=1S/C58H39N3/c1-3-18-40(19-4-1)45-23-9-13-28-50(45)60(55-33-17-32-54-58(55)49-27-12-16-31-53(49)59(54)43-21-5-2-6-22-43)44-37-34-42(35-38-44)57-46-24-8-7-20-41(46)36-39-56(57)61-51-29-14-10-25-47(51)48-26-11-15-30-52(48)61/h1-39H. The van der Waals surface area contributed by atoms with Crippen LogP contribution in [0.15, 0.2) is 237 Å². The topological polar surface area (TPSA) is 13.1 Å². The predicted octanol–water partition coefficient (Wildman–Crippen LogP) is 15.8. The summed E-state index contributed by atoms with van der Waals surface area (Å²) in [7, 11) is 0. The molecule has 12 rings (SSSR count). The predicted molar refractivity (Wildman–Crippen MR) is 258 cm³/mol. The molecule has 0 fully saturated rings. The Morgan fingerprint density at radius 2 is 0.852 bits per heavy atom. The van der Waals surface area contributed by atoms with E-state index in [0.29, 0.717) is 0 Å². The van der Waals surface area contributed by atoms with Crippen LogP contribution >= 0.6 is 0 Å². The van der Waals surface area contributed by atoms with Gasteiger partial charge in [0.2, 0.25) is 0 Å². The normalized spacial score (nSPS) is 11.6. The van der Waals surface area contributed by atoms with Crippen LogP contribution in [-0.4, -0.2) is 9.13 Å². The molecule has 0 unspecified atom stereocenters. The molecule has 0 radical (unpaired) electrons. The van der Waals surface area contributed by atoms with Gasteiger partial charge < -0.3 is 14.0 Å². The monoisotopic (exact) mass is 777 g/mol. The molecule has 0 saturated heterocycles. The fraction of sp³-hybridized carbons (Fsp3) is 0. The van der Waals surface area contributed by atoms with Crippen molar-refractivity contribution < 1.29 is 0 Å². The van der Waals surface area contributed by atoms with Gasteiger partial charge in [0.15, 0.2) is 0 Å². The first-order valence-electron chi connectivity index (χ1n) is 20.9. The van der Waals surface area contributed by atoms with Crippen LogP contribution in [0.2, 0.25) is 0 Å². The summed E-state index contributed by atoms with van der Waals surface area (Å²) in [6.45, 7) is 0. The van der Waals surface area contributed by atoms with E-state index in [-0.39, 0.29) is 0 Å². The third-order valence-corrected chi connectivity index (χ3v) is 12.3. The molecule has 3 heteroatoms. The summed E-state index contributed by atoms with van der Waals surface area (Å²) in [5.74, 6) is 0. The van der Waals surface area contributed by atoms with Gasteiger partial charge in [-0.3, -0.25) is 0 Å². The lowest BCUT2D eigenvalue weighted by Crippen LogP contribution is -2.11.